The van der Waals surface area contributed by atoms with Gasteiger partial charge < -0.3 is 9.64 Å². The van der Waals surface area contributed by atoms with E-state index in [2.05, 4.69) is 27.1 Å². The Bertz CT molecular complexity index is 648. The van der Waals surface area contributed by atoms with Crippen LogP contribution < -0.4 is 4.74 Å². The SMILES string of the molecule is COc1ccc(CN2CCN(C(=O)[C@@H](C)n3cncn3)CC2)cc1. The van der Waals surface area contributed by atoms with Gasteiger partial charge in [-0.05, 0) is 24.6 Å². The molecular weight excluding hydrogens is 306 g/mol. The number of ether oxygens (including phenoxy) is 1. The number of carbonyl (C=O) groups excluding carboxylic acids is 1. The Morgan fingerprint density at radius 2 is 1.92 bits per heavy atom. The molecular formula is C17H23N5O2. The van der Waals surface area contributed by atoms with Crippen LogP contribution in [0.2, 0.25) is 0 Å². The summed E-state index contributed by atoms with van der Waals surface area (Å²) in [5, 5.41) is 4.05. The van der Waals surface area contributed by atoms with E-state index in [1.807, 2.05) is 24.0 Å². The number of nitrogens with zero attached hydrogens (tertiary/aromatic N) is 5. The van der Waals surface area contributed by atoms with Crippen molar-refractivity contribution in [3.63, 3.8) is 0 Å². The van der Waals surface area contributed by atoms with Crippen LogP contribution in [-0.4, -0.2) is 63.8 Å². The average Bonchev–Trinajstić information content (AvgIpc) is 3.16. The lowest BCUT2D eigenvalue weighted by Crippen LogP contribution is -2.49. The number of piperazine rings is 1. The zero-order valence-electron chi connectivity index (χ0n) is 14.1. The maximum atomic E-state index is 12.5. The van der Waals surface area contributed by atoms with Crippen LogP contribution in [0.15, 0.2) is 36.9 Å². The van der Waals surface area contributed by atoms with Crippen molar-refractivity contribution in [3.05, 3.63) is 42.5 Å². The first-order chi connectivity index (χ1) is 11.7. The molecule has 0 unspecified atom stereocenters. The number of amides is 1. The molecule has 2 aromatic rings. The Kier molecular flexibility index (Phi) is 5.10. The van der Waals surface area contributed by atoms with Crippen LogP contribution in [0.25, 0.3) is 0 Å². The molecule has 3 rings (SSSR count). The molecule has 0 spiro atoms. The van der Waals surface area contributed by atoms with E-state index < -0.39 is 0 Å². The second-order valence-corrected chi connectivity index (χ2v) is 6.00. The van der Waals surface area contributed by atoms with Crippen LogP contribution in [0.3, 0.4) is 0 Å². The Hall–Kier alpha value is -2.41. The molecule has 1 aliphatic rings. The number of rotatable bonds is 5. The van der Waals surface area contributed by atoms with Crippen LogP contribution >= 0.6 is 0 Å². The first kappa shape index (κ1) is 16.4. The molecule has 1 amide bonds. The van der Waals surface area contributed by atoms with Gasteiger partial charge in [-0.3, -0.25) is 9.69 Å². The zero-order chi connectivity index (χ0) is 16.9. The third kappa shape index (κ3) is 3.73. The van der Waals surface area contributed by atoms with Gasteiger partial charge in [0, 0.05) is 32.7 Å². The fraction of sp³-hybridized carbons (Fsp3) is 0.471. The minimum Gasteiger partial charge on any atom is -0.497 e. The van der Waals surface area contributed by atoms with Gasteiger partial charge in [0.25, 0.3) is 0 Å². The maximum absolute atomic E-state index is 12.5. The molecule has 1 aliphatic heterocycles. The molecule has 7 heteroatoms. The molecule has 0 N–H and O–H groups in total. The van der Waals surface area contributed by atoms with Crippen molar-refractivity contribution >= 4 is 5.91 Å². The Labute approximate surface area is 141 Å². The molecule has 0 saturated carbocycles. The number of aromatic nitrogens is 3. The summed E-state index contributed by atoms with van der Waals surface area (Å²) in [4.78, 5) is 20.7. The van der Waals surface area contributed by atoms with Gasteiger partial charge in [-0.2, -0.15) is 5.10 Å². The summed E-state index contributed by atoms with van der Waals surface area (Å²) in [5.74, 6) is 0.973. The smallest absolute Gasteiger partial charge is 0.247 e. The fourth-order valence-corrected chi connectivity index (χ4v) is 2.91. The summed E-state index contributed by atoms with van der Waals surface area (Å²) in [6, 6.07) is 7.83. The largest absolute Gasteiger partial charge is 0.497 e. The van der Waals surface area contributed by atoms with Crippen molar-refractivity contribution in [1.29, 1.82) is 0 Å². The number of methoxy groups -OCH3 is 1. The quantitative estimate of drug-likeness (QED) is 0.824. The van der Waals surface area contributed by atoms with Crippen LogP contribution in [0.5, 0.6) is 5.75 Å². The van der Waals surface area contributed by atoms with Gasteiger partial charge in [0.15, 0.2) is 0 Å². The lowest BCUT2D eigenvalue weighted by Gasteiger charge is -2.35. The Morgan fingerprint density at radius 1 is 1.21 bits per heavy atom. The van der Waals surface area contributed by atoms with Crippen molar-refractivity contribution in [2.75, 3.05) is 33.3 Å². The third-order valence-corrected chi connectivity index (χ3v) is 4.44. The van der Waals surface area contributed by atoms with E-state index in [1.54, 1.807) is 18.1 Å². The molecule has 1 atom stereocenters. The van der Waals surface area contributed by atoms with Gasteiger partial charge in [0.05, 0.1) is 7.11 Å². The predicted molar refractivity (Wildman–Crippen MR) is 89.6 cm³/mol. The van der Waals surface area contributed by atoms with Crippen LogP contribution in [0, 0.1) is 0 Å². The molecule has 0 bridgehead atoms. The highest BCUT2D eigenvalue weighted by molar-refractivity contribution is 5.80. The van der Waals surface area contributed by atoms with Gasteiger partial charge >= 0.3 is 0 Å². The molecule has 128 valence electrons. The lowest BCUT2D eigenvalue weighted by molar-refractivity contribution is -0.136. The van der Waals surface area contributed by atoms with Gasteiger partial charge in [-0.25, -0.2) is 9.67 Å². The highest BCUT2D eigenvalue weighted by atomic mass is 16.5. The van der Waals surface area contributed by atoms with E-state index in [4.69, 9.17) is 4.74 Å². The van der Waals surface area contributed by atoms with E-state index in [1.165, 1.54) is 11.9 Å². The minimum atomic E-state index is -0.305. The van der Waals surface area contributed by atoms with Gasteiger partial charge in [0.1, 0.15) is 24.4 Å². The van der Waals surface area contributed by atoms with Crippen molar-refractivity contribution in [2.24, 2.45) is 0 Å². The van der Waals surface area contributed by atoms with E-state index >= 15 is 0 Å². The zero-order valence-corrected chi connectivity index (χ0v) is 14.1. The van der Waals surface area contributed by atoms with Crippen molar-refractivity contribution in [3.8, 4) is 5.75 Å². The van der Waals surface area contributed by atoms with Crippen LogP contribution in [-0.2, 0) is 11.3 Å². The summed E-state index contributed by atoms with van der Waals surface area (Å²) in [6.07, 6.45) is 3.04. The number of carbonyl (C=O) groups is 1. The summed E-state index contributed by atoms with van der Waals surface area (Å²) in [6.45, 7) is 6.00. The second kappa shape index (κ2) is 7.44. The van der Waals surface area contributed by atoms with Crippen molar-refractivity contribution in [2.45, 2.75) is 19.5 Å². The van der Waals surface area contributed by atoms with Crippen LogP contribution in [0.4, 0.5) is 0 Å². The second-order valence-electron chi connectivity index (χ2n) is 6.00. The summed E-state index contributed by atoms with van der Waals surface area (Å²) in [5.41, 5.74) is 1.26. The van der Waals surface area contributed by atoms with Gasteiger partial charge in [0.2, 0.25) is 5.91 Å². The topological polar surface area (TPSA) is 63.5 Å². The molecule has 0 radical (unpaired) electrons. The molecule has 1 aromatic carbocycles. The molecule has 1 aromatic heterocycles. The molecule has 1 saturated heterocycles. The molecule has 1 fully saturated rings. The number of hydrogen-bond acceptors (Lipinski definition) is 5. The molecule has 7 nitrogen and oxygen atoms in total. The van der Waals surface area contributed by atoms with Gasteiger partial charge in [-0.1, -0.05) is 12.1 Å². The van der Waals surface area contributed by atoms with E-state index in [9.17, 15) is 4.79 Å². The lowest BCUT2D eigenvalue weighted by atomic mass is 10.2. The first-order valence-corrected chi connectivity index (χ1v) is 8.15. The number of benzene rings is 1. The Balaban J connectivity index is 1.50. The summed E-state index contributed by atoms with van der Waals surface area (Å²) in [7, 11) is 1.67. The van der Waals surface area contributed by atoms with Gasteiger partial charge in [-0.15, -0.1) is 0 Å². The summed E-state index contributed by atoms with van der Waals surface area (Å²) < 4.78 is 6.79. The fourth-order valence-electron chi connectivity index (χ4n) is 2.91. The first-order valence-electron chi connectivity index (χ1n) is 8.15. The normalized spacial score (nSPS) is 16.8. The van der Waals surface area contributed by atoms with E-state index in [0.29, 0.717) is 0 Å². The molecule has 0 aliphatic carbocycles. The van der Waals surface area contributed by atoms with E-state index in [-0.39, 0.29) is 11.9 Å². The maximum Gasteiger partial charge on any atom is 0.247 e. The average molecular weight is 329 g/mol. The monoisotopic (exact) mass is 329 g/mol. The highest BCUT2D eigenvalue weighted by Crippen LogP contribution is 2.15. The van der Waals surface area contributed by atoms with Crippen molar-refractivity contribution < 1.29 is 9.53 Å². The highest BCUT2D eigenvalue weighted by Gasteiger charge is 2.26. The Morgan fingerprint density at radius 3 is 2.50 bits per heavy atom. The standard InChI is InChI=1S/C17H23N5O2/c1-14(22-13-18-12-19-22)17(23)21-9-7-20(8-10-21)11-15-3-5-16(24-2)6-4-15/h3-6,12-14H,7-11H2,1-2H3/t14-/m1/s1. The van der Waals surface area contributed by atoms with Crippen molar-refractivity contribution in [1.82, 2.24) is 24.6 Å². The van der Waals surface area contributed by atoms with Crippen LogP contribution in [0.1, 0.15) is 18.5 Å². The minimum absolute atomic E-state index is 0.101. The number of hydrogen-bond donors (Lipinski definition) is 0. The van der Waals surface area contributed by atoms with E-state index in [0.717, 1.165) is 38.5 Å². The summed E-state index contributed by atoms with van der Waals surface area (Å²) >= 11 is 0. The third-order valence-electron chi connectivity index (χ3n) is 4.44. The molecule has 2 heterocycles. The molecule has 24 heavy (non-hydrogen) atoms. The predicted octanol–water partition coefficient (Wildman–Crippen LogP) is 1.19.